The Balaban J connectivity index is 2.04. The van der Waals surface area contributed by atoms with Gasteiger partial charge in [-0.1, -0.05) is 12.8 Å². The van der Waals surface area contributed by atoms with Crippen LogP contribution in [-0.2, 0) is 9.59 Å². The topological polar surface area (TPSA) is 74.7 Å². The van der Waals surface area contributed by atoms with E-state index in [2.05, 4.69) is 15.9 Å². The molecule has 0 unspecified atom stereocenters. The Bertz CT molecular complexity index is 619. The van der Waals surface area contributed by atoms with Crippen LogP contribution in [0.15, 0.2) is 22.7 Å². The zero-order valence-electron chi connectivity index (χ0n) is 11.2. The van der Waals surface area contributed by atoms with E-state index < -0.39 is 5.97 Å². The Morgan fingerprint density at radius 2 is 1.71 bits per heavy atom. The number of halogens is 1. The second-order valence-electron chi connectivity index (χ2n) is 5.48. The first-order valence-corrected chi connectivity index (χ1v) is 7.70. The Labute approximate surface area is 130 Å². The van der Waals surface area contributed by atoms with Crippen LogP contribution in [0, 0.1) is 11.8 Å². The van der Waals surface area contributed by atoms with Crippen LogP contribution in [0.1, 0.15) is 36.0 Å². The molecule has 0 aromatic heterocycles. The molecule has 6 heteroatoms. The molecule has 0 radical (unpaired) electrons. The highest BCUT2D eigenvalue weighted by molar-refractivity contribution is 9.10. The van der Waals surface area contributed by atoms with Crippen LogP contribution in [0.25, 0.3) is 0 Å². The first-order chi connectivity index (χ1) is 10.0. The van der Waals surface area contributed by atoms with Gasteiger partial charge in [0.15, 0.2) is 0 Å². The number of benzene rings is 1. The van der Waals surface area contributed by atoms with Crippen molar-refractivity contribution < 1.29 is 19.5 Å². The van der Waals surface area contributed by atoms with Crippen molar-refractivity contribution in [1.82, 2.24) is 0 Å². The molecule has 1 saturated carbocycles. The molecule has 1 aliphatic heterocycles. The van der Waals surface area contributed by atoms with Crippen LogP contribution in [0.4, 0.5) is 5.69 Å². The molecule has 110 valence electrons. The SMILES string of the molecule is O=C(O)c1ccc(Br)c(N2C(=O)[C@H]3CCCC[C@@H]3C2=O)c1. The lowest BCUT2D eigenvalue weighted by Gasteiger charge is -2.19. The predicted molar refractivity (Wildman–Crippen MR) is 79.0 cm³/mol. The first kappa shape index (κ1) is 14.3. The zero-order chi connectivity index (χ0) is 15.1. The largest absolute Gasteiger partial charge is 0.478 e. The highest BCUT2D eigenvalue weighted by Crippen LogP contribution is 2.42. The summed E-state index contributed by atoms with van der Waals surface area (Å²) in [5, 5.41) is 9.08. The fourth-order valence-corrected chi connectivity index (χ4v) is 3.64. The number of amides is 2. The molecular weight excluding hydrogens is 338 g/mol. The molecule has 2 fully saturated rings. The van der Waals surface area contributed by atoms with Gasteiger partial charge in [0.05, 0.1) is 23.1 Å². The monoisotopic (exact) mass is 351 g/mol. The number of anilines is 1. The number of rotatable bonds is 2. The fourth-order valence-electron chi connectivity index (χ4n) is 3.22. The van der Waals surface area contributed by atoms with Gasteiger partial charge in [-0.2, -0.15) is 0 Å². The van der Waals surface area contributed by atoms with Gasteiger partial charge in [-0.25, -0.2) is 9.69 Å². The molecule has 1 N–H and O–H groups in total. The summed E-state index contributed by atoms with van der Waals surface area (Å²) in [4.78, 5) is 37.3. The van der Waals surface area contributed by atoms with Crippen molar-refractivity contribution in [2.24, 2.45) is 11.8 Å². The van der Waals surface area contributed by atoms with E-state index in [9.17, 15) is 14.4 Å². The molecule has 3 rings (SSSR count). The third kappa shape index (κ3) is 2.27. The number of imide groups is 1. The van der Waals surface area contributed by atoms with Gasteiger partial charge in [0.1, 0.15) is 0 Å². The lowest BCUT2D eigenvalue weighted by Crippen LogP contribution is -2.31. The summed E-state index contributed by atoms with van der Waals surface area (Å²) in [6.07, 6.45) is 3.40. The molecule has 21 heavy (non-hydrogen) atoms. The highest BCUT2D eigenvalue weighted by atomic mass is 79.9. The Morgan fingerprint density at radius 3 is 2.24 bits per heavy atom. The van der Waals surface area contributed by atoms with Crippen molar-refractivity contribution in [3.8, 4) is 0 Å². The van der Waals surface area contributed by atoms with Crippen molar-refractivity contribution in [3.05, 3.63) is 28.2 Å². The van der Waals surface area contributed by atoms with E-state index >= 15 is 0 Å². The van der Waals surface area contributed by atoms with Crippen molar-refractivity contribution >= 4 is 39.4 Å². The second-order valence-corrected chi connectivity index (χ2v) is 6.34. The number of fused-ring (bicyclic) bond motifs is 1. The van der Waals surface area contributed by atoms with Crippen molar-refractivity contribution in [3.63, 3.8) is 0 Å². The summed E-state index contributed by atoms with van der Waals surface area (Å²) in [5.41, 5.74) is 0.392. The minimum atomic E-state index is -1.08. The molecule has 0 bridgehead atoms. The third-order valence-corrected chi connectivity index (χ3v) is 4.95. The maximum atomic E-state index is 12.5. The van der Waals surface area contributed by atoms with Crippen molar-refractivity contribution in [2.75, 3.05) is 4.90 Å². The molecule has 1 saturated heterocycles. The molecule has 1 aliphatic carbocycles. The van der Waals surface area contributed by atoms with Crippen LogP contribution in [0.3, 0.4) is 0 Å². The average molecular weight is 352 g/mol. The number of carbonyl (C=O) groups excluding carboxylic acids is 2. The molecule has 2 amide bonds. The van der Waals surface area contributed by atoms with E-state index in [4.69, 9.17) is 5.11 Å². The number of carbonyl (C=O) groups is 3. The standard InChI is InChI=1S/C15H14BrNO4/c16-11-6-5-8(15(20)21)7-12(11)17-13(18)9-3-1-2-4-10(9)14(17)19/h5-7,9-10H,1-4H2,(H,20,21)/t9-,10-/m0/s1. The van der Waals surface area contributed by atoms with Crippen LogP contribution < -0.4 is 4.90 Å². The van der Waals surface area contributed by atoms with Crippen molar-refractivity contribution in [1.29, 1.82) is 0 Å². The van der Waals surface area contributed by atoms with Gasteiger partial charge in [-0.05, 0) is 47.0 Å². The van der Waals surface area contributed by atoms with E-state index in [-0.39, 0.29) is 29.2 Å². The summed E-state index contributed by atoms with van der Waals surface area (Å²) < 4.78 is 0.549. The molecule has 1 aromatic carbocycles. The Kier molecular flexibility index (Phi) is 3.57. The molecule has 2 aliphatic rings. The summed E-state index contributed by atoms with van der Waals surface area (Å²) in [6.45, 7) is 0. The van der Waals surface area contributed by atoms with Crippen LogP contribution >= 0.6 is 15.9 Å². The number of carboxylic acids is 1. The highest BCUT2D eigenvalue weighted by Gasteiger charge is 2.49. The summed E-state index contributed by atoms with van der Waals surface area (Å²) in [7, 11) is 0. The van der Waals surface area contributed by atoms with Gasteiger partial charge < -0.3 is 5.11 Å². The third-order valence-electron chi connectivity index (χ3n) is 4.28. The number of carboxylic acid groups (broad SMARTS) is 1. The smallest absolute Gasteiger partial charge is 0.335 e. The van der Waals surface area contributed by atoms with Crippen LogP contribution in [0.2, 0.25) is 0 Å². The number of nitrogens with zero attached hydrogens (tertiary/aromatic N) is 1. The number of aromatic carboxylic acids is 1. The van der Waals surface area contributed by atoms with Crippen molar-refractivity contribution in [2.45, 2.75) is 25.7 Å². The lowest BCUT2D eigenvalue weighted by atomic mass is 9.81. The number of hydrogen-bond donors (Lipinski definition) is 1. The maximum absolute atomic E-state index is 12.5. The van der Waals surface area contributed by atoms with Crippen LogP contribution in [-0.4, -0.2) is 22.9 Å². The Hall–Kier alpha value is -1.69. The maximum Gasteiger partial charge on any atom is 0.335 e. The van der Waals surface area contributed by atoms with E-state index in [0.29, 0.717) is 10.2 Å². The summed E-state index contributed by atoms with van der Waals surface area (Å²) in [5.74, 6) is -1.97. The van der Waals surface area contributed by atoms with E-state index in [0.717, 1.165) is 30.6 Å². The van der Waals surface area contributed by atoms with E-state index in [1.54, 1.807) is 6.07 Å². The molecule has 0 spiro atoms. The normalized spacial score (nSPS) is 25.1. The quantitative estimate of drug-likeness (QED) is 0.831. The fraction of sp³-hybridized carbons (Fsp3) is 0.400. The van der Waals surface area contributed by atoms with Gasteiger partial charge in [-0.15, -0.1) is 0 Å². The molecular formula is C15H14BrNO4. The molecule has 1 aromatic rings. The van der Waals surface area contributed by atoms with Crippen LogP contribution in [0.5, 0.6) is 0 Å². The summed E-state index contributed by atoms with van der Waals surface area (Å²) >= 11 is 3.30. The minimum absolute atomic E-state index is 0.0590. The minimum Gasteiger partial charge on any atom is -0.478 e. The molecule has 5 nitrogen and oxygen atoms in total. The van der Waals surface area contributed by atoms with E-state index in [1.165, 1.54) is 12.1 Å². The lowest BCUT2D eigenvalue weighted by molar-refractivity contribution is -0.122. The average Bonchev–Trinajstić information content (AvgIpc) is 2.72. The van der Waals surface area contributed by atoms with Gasteiger partial charge >= 0.3 is 5.97 Å². The predicted octanol–water partition coefficient (Wildman–Crippen LogP) is 2.83. The van der Waals surface area contributed by atoms with Gasteiger partial charge in [-0.3, -0.25) is 9.59 Å². The zero-order valence-corrected chi connectivity index (χ0v) is 12.8. The van der Waals surface area contributed by atoms with Gasteiger partial charge in [0, 0.05) is 4.47 Å². The van der Waals surface area contributed by atoms with Gasteiger partial charge in [0.2, 0.25) is 11.8 Å². The first-order valence-electron chi connectivity index (χ1n) is 6.91. The second kappa shape index (κ2) is 5.26. The van der Waals surface area contributed by atoms with E-state index in [1.807, 2.05) is 0 Å². The Morgan fingerprint density at radius 1 is 1.14 bits per heavy atom. The van der Waals surface area contributed by atoms with Gasteiger partial charge in [0.25, 0.3) is 0 Å². The molecule has 2 atom stereocenters. The molecule has 1 heterocycles. The number of hydrogen-bond acceptors (Lipinski definition) is 3. The summed E-state index contributed by atoms with van der Waals surface area (Å²) in [6, 6.07) is 4.37.